The number of carbonyl (C=O) groups excluding carboxylic acids is 1. The predicted molar refractivity (Wildman–Crippen MR) is 89.9 cm³/mol. The Hall–Kier alpha value is -1.53. The lowest BCUT2D eigenvalue weighted by atomic mass is 9.98. The number of rotatable bonds is 5. The molecule has 2 aliphatic rings. The van der Waals surface area contributed by atoms with E-state index in [0.717, 1.165) is 25.6 Å². The van der Waals surface area contributed by atoms with Crippen LogP contribution < -0.4 is 10.9 Å². The molecule has 7 heteroatoms. The van der Waals surface area contributed by atoms with Gasteiger partial charge in [-0.2, -0.15) is 5.16 Å². The molecule has 1 aromatic heterocycles. The zero-order valence-electron chi connectivity index (χ0n) is 13.5. The zero-order chi connectivity index (χ0) is 15.7. The molecule has 2 fully saturated rings. The van der Waals surface area contributed by atoms with E-state index in [-0.39, 0.29) is 35.7 Å². The number of halogens is 1. The average Bonchev–Trinajstić information content (AvgIpc) is 3.13. The van der Waals surface area contributed by atoms with Gasteiger partial charge in [-0.15, -0.1) is 12.4 Å². The Bertz CT molecular complexity index is 633. The molecule has 1 saturated heterocycles. The molecule has 1 aliphatic carbocycles. The maximum absolute atomic E-state index is 12.2. The maximum Gasteiger partial charge on any atom is 0.290 e. The molecule has 3 rings (SSSR count). The summed E-state index contributed by atoms with van der Waals surface area (Å²) < 4.78 is 4.88. The van der Waals surface area contributed by atoms with Crippen molar-refractivity contribution in [2.45, 2.75) is 32.7 Å². The summed E-state index contributed by atoms with van der Waals surface area (Å²) in [7, 11) is 0. The fraction of sp³-hybridized carbons (Fsp3) is 0.625. The second kappa shape index (κ2) is 7.36. The van der Waals surface area contributed by atoms with Crippen molar-refractivity contribution in [2.75, 3.05) is 19.6 Å². The molecule has 128 valence electrons. The van der Waals surface area contributed by atoms with Gasteiger partial charge in [0.25, 0.3) is 11.5 Å². The minimum absolute atomic E-state index is 0. The molecule has 1 saturated carbocycles. The van der Waals surface area contributed by atoms with Crippen molar-refractivity contribution in [2.24, 2.45) is 11.8 Å². The van der Waals surface area contributed by atoms with Gasteiger partial charge in [0.2, 0.25) is 5.76 Å². The Balaban J connectivity index is 0.00000192. The third-order valence-electron chi connectivity index (χ3n) is 4.70. The lowest BCUT2D eigenvalue weighted by molar-refractivity contribution is 0.0890. The summed E-state index contributed by atoms with van der Waals surface area (Å²) in [6, 6.07) is 1.32. The molecule has 6 nitrogen and oxygen atoms in total. The summed E-state index contributed by atoms with van der Waals surface area (Å²) >= 11 is 0. The van der Waals surface area contributed by atoms with Crippen LogP contribution in [0, 0.1) is 11.8 Å². The number of H-pyrrole nitrogens is 1. The minimum atomic E-state index is -0.388. The Morgan fingerprint density at radius 1 is 1.48 bits per heavy atom. The predicted octanol–water partition coefficient (Wildman–Crippen LogP) is 1.80. The molecule has 23 heavy (non-hydrogen) atoms. The highest BCUT2D eigenvalue weighted by atomic mass is 35.5. The normalized spacial score (nSPS) is 25.2. The van der Waals surface area contributed by atoms with Gasteiger partial charge < -0.3 is 9.84 Å². The Kier molecular flexibility index (Phi) is 5.70. The number of hydrogen-bond acceptors (Lipinski definition) is 4. The largest absolute Gasteiger partial charge is 0.373 e. The van der Waals surface area contributed by atoms with Crippen molar-refractivity contribution in [3.8, 4) is 0 Å². The summed E-state index contributed by atoms with van der Waals surface area (Å²) in [6.07, 6.45) is 4.64. The number of aromatic amines is 1. The molecule has 2 heterocycles. The topological polar surface area (TPSA) is 78.3 Å². The number of likely N-dealkylation sites (tertiary alicyclic amines) is 1. The van der Waals surface area contributed by atoms with Crippen LogP contribution in [-0.4, -0.2) is 41.6 Å². The van der Waals surface area contributed by atoms with Crippen LogP contribution in [0.15, 0.2) is 27.0 Å². The first-order valence-corrected chi connectivity index (χ1v) is 7.90. The highest BCUT2D eigenvalue weighted by molar-refractivity contribution is 5.91. The van der Waals surface area contributed by atoms with Gasteiger partial charge in [0.05, 0.1) is 6.07 Å². The van der Waals surface area contributed by atoms with Crippen LogP contribution in [0.3, 0.4) is 0 Å². The van der Waals surface area contributed by atoms with E-state index in [9.17, 15) is 9.59 Å². The SMILES string of the molecule is CC=C(C)CN1C[C@H](NC(=O)c2cc(=O)[nH]o2)[C@@H](C2CC2)C1.Cl. The summed E-state index contributed by atoms with van der Waals surface area (Å²) in [4.78, 5) is 25.7. The molecular weight excluding hydrogens is 318 g/mol. The monoisotopic (exact) mass is 341 g/mol. The number of amides is 1. The van der Waals surface area contributed by atoms with Crippen LogP contribution in [0.5, 0.6) is 0 Å². The quantitative estimate of drug-likeness (QED) is 0.800. The third-order valence-corrected chi connectivity index (χ3v) is 4.70. The van der Waals surface area contributed by atoms with Crippen molar-refractivity contribution in [3.05, 3.63) is 33.8 Å². The van der Waals surface area contributed by atoms with Crippen molar-refractivity contribution < 1.29 is 9.32 Å². The van der Waals surface area contributed by atoms with Gasteiger partial charge in [0.15, 0.2) is 0 Å². The van der Waals surface area contributed by atoms with Crippen LogP contribution in [0.1, 0.15) is 37.2 Å². The number of nitrogens with one attached hydrogen (secondary N) is 2. The van der Waals surface area contributed by atoms with Gasteiger partial charge in [-0.25, -0.2) is 0 Å². The van der Waals surface area contributed by atoms with Crippen LogP contribution in [0.4, 0.5) is 0 Å². The van der Waals surface area contributed by atoms with E-state index >= 15 is 0 Å². The second-order valence-corrected chi connectivity index (χ2v) is 6.49. The molecule has 2 atom stereocenters. The first-order valence-electron chi connectivity index (χ1n) is 7.90. The summed E-state index contributed by atoms with van der Waals surface area (Å²) in [6.45, 7) is 7.01. The van der Waals surface area contributed by atoms with E-state index in [1.54, 1.807) is 0 Å². The molecule has 0 unspecified atom stereocenters. The zero-order valence-corrected chi connectivity index (χ0v) is 14.3. The third kappa shape index (κ3) is 4.26. The van der Waals surface area contributed by atoms with Gasteiger partial charge in [0.1, 0.15) is 0 Å². The number of hydrogen-bond donors (Lipinski definition) is 2. The number of nitrogens with zero attached hydrogens (tertiary/aromatic N) is 1. The number of carbonyl (C=O) groups is 1. The maximum atomic E-state index is 12.2. The smallest absolute Gasteiger partial charge is 0.290 e. The molecule has 0 spiro atoms. The lowest BCUT2D eigenvalue weighted by Gasteiger charge is -2.18. The molecule has 1 aromatic rings. The molecule has 1 amide bonds. The summed E-state index contributed by atoms with van der Waals surface area (Å²) in [5.74, 6) is 0.972. The van der Waals surface area contributed by atoms with Gasteiger partial charge in [0, 0.05) is 25.7 Å². The standard InChI is InChI=1S/C16H23N3O3.ClH/c1-3-10(2)7-19-8-12(11-4-5-11)13(9-19)17-16(21)14-6-15(20)18-22-14;/h3,6,11-13H,4-5,7-9H2,1-2H3,(H,17,21)(H,18,20);1H/t12-,13+;/m1./s1. The molecular formula is C16H24ClN3O3. The number of allylic oxidation sites excluding steroid dienone is 1. The van der Waals surface area contributed by atoms with Crippen molar-refractivity contribution >= 4 is 18.3 Å². The van der Waals surface area contributed by atoms with Crippen molar-refractivity contribution in [1.82, 2.24) is 15.4 Å². The lowest BCUT2D eigenvalue weighted by Crippen LogP contribution is -2.41. The van der Waals surface area contributed by atoms with Crippen LogP contribution >= 0.6 is 12.4 Å². The van der Waals surface area contributed by atoms with E-state index in [0.29, 0.717) is 5.92 Å². The fourth-order valence-electron chi connectivity index (χ4n) is 3.28. The van der Waals surface area contributed by atoms with Crippen molar-refractivity contribution in [1.29, 1.82) is 0 Å². The highest BCUT2D eigenvalue weighted by Gasteiger charge is 2.43. The number of aromatic nitrogens is 1. The Morgan fingerprint density at radius 2 is 2.22 bits per heavy atom. The van der Waals surface area contributed by atoms with E-state index in [1.165, 1.54) is 24.5 Å². The van der Waals surface area contributed by atoms with E-state index in [1.807, 2.05) is 0 Å². The minimum Gasteiger partial charge on any atom is -0.373 e. The van der Waals surface area contributed by atoms with Crippen LogP contribution in [0.25, 0.3) is 0 Å². The fourth-order valence-corrected chi connectivity index (χ4v) is 3.28. The Morgan fingerprint density at radius 3 is 2.78 bits per heavy atom. The van der Waals surface area contributed by atoms with Crippen molar-refractivity contribution in [3.63, 3.8) is 0 Å². The van der Waals surface area contributed by atoms with Gasteiger partial charge >= 0.3 is 0 Å². The van der Waals surface area contributed by atoms with Crippen LogP contribution in [0.2, 0.25) is 0 Å². The molecule has 0 aromatic carbocycles. The molecule has 1 aliphatic heterocycles. The van der Waals surface area contributed by atoms with Gasteiger partial charge in [-0.05, 0) is 38.5 Å². The first-order chi connectivity index (χ1) is 10.6. The van der Waals surface area contributed by atoms with Gasteiger partial charge in [-0.1, -0.05) is 11.6 Å². The molecule has 0 bridgehead atoms. The Labute approximate surface area is 141 Å². The van der Waals surface area contributed by atoms with E-state index in [4.69, 9.17) is 4.52 Å². The first kappa shape index (κ1) is 17.8. The summed E-state index contributed by atoms with van der Waals surface area (Å²) in [5, 5.41) is 5.20. The van der Waals surface area contributed by atoms with Crippen LogP contribution in [-0.2, 0) is 0 Å². The van der Waals surface area contributed by atoms with Gasteiger partial charge in [-0.3, -0.25) is 14.5 Å². The second-order valence-electron chi connectivity index (χ2n) is 6.49. The average molecular weight is 342 g/mol. The van der Waals surface area contributed by atoms with E-state index in [2.05, 4.69) is 35.3 Å². The summed E-state index contributed by atoms with van der Waals surface area (Å²) in [5.41, 5.74) is 0.957. The molecule has 2 N–H and O–H groups in total. The highest BCUT2D eigenvalue weighted by Crippen LogP contribution is 2.41. The van der Waals surface area contributed by atoms with E-state index < -0.39 is 0 Å². The molecule has 0 radical (unpaired) electrons.